The van der Waals surface area contributed by atoms with E-state index in [0.29, 0.717) is 11.4 Å². The molecule has 3 aromatic rings. The van der Waals surface area contributed by atoms with Crippen LogP contribution in [0.5, 0.6) is 5.75 Å². The number of hydrogen-bond acceptors (Lipinski definition) is 4. The predicted octanol–water partition coefficient (Wildman–Crippen LogP) is 2.91. The molecule has 0 atom stereocenters. The van der Waals surface area contributed by atoms with E-state index in [4.69, 9.17) is 4.74 Å². The molecule has 25 heavy (non-hydrogen) atoms. The lowest BCUT2D eigenvalue weighted by Crippen LogP contribution is -2.23. The standard InChI is InChI=1S/C18H21N3O3S/c1-13(2)24-16-4-6-17(7-5-16)25(22,23)19-11-15-12-21-9-8-14(3)10-18(21)20-15/h4-10,12-13,19H,11H2,1-3H3. The van der Waals surface area contributed by atoms with Crippen molar-refractivity contribution in [2.45, 2.75) is 38.3 Å². The van der Waals surface area contributed by atoms with Gasteiger partial charge in [0.15, 0.2) is 0 Å². The number of aromatic nitrogens is 2. The van der Waals surface area contributed by atoms with Crippen molar-refractivity contribution in [3.05, 3.63) is 60.0 Å². The van der Waals surface area contributed by atoms with E-state index in [0.717, 1.165) is 11.2 Å². The van der Waals surface area contributed by atoms with Crippen LogP contribution >= 0.6 is 0 Å². The summed E-state index contributed by atoms with van der Waals surface area (Å²) in [4.78, 5) is 4.63. The molecule has 0 radical (unpaired) electrons. The maximum absolute atomic E-state index is 12.4. The highest BCUT2D eigenvalue weighted by Crippen LogP contribution is 2.17. The molecule has 3 rings (SSSR count). The van der Waals surface area contributed by atoms with Gasteiger partial charge in [0.25, 0.3) is 0 Å². The van der Waals surface area contributed by atoms with Crippen molar-refractivity contribution in [3.63, 3.8) is 0 Å². The van der Waals surface area contributed by atoms with Gasteiger partial charge in [0.05, 0.1) is 23.2 Å². The Balaban J connectivity index is 1.72. The number of nitrogens with one attached hydrogen (secondary N) is 1. The van der Waals surface area contributed by atoms with Gasteiger partial charge in [0, 0.05) is 12.4 Å². The number of aryl methyl sites for hydroxylation is 1. The molecule has 1 N–H and O–H groups in total. The molecular weight excluding hydrogens is 338 g/mol. The van der Waals surface area contributed by atoms with Gasteiger partial charge in [-0.15, -0.1) is 0 Å². The Hall–Kier alpha value is -2.38. The van der Waals surface area contributed by atoms with Crippen LogP contribution in [0.15, 0.2) is 53.7 Å². The van der Waals surface area contributed by atoms with E-state index >= 15 is 0 Å². The lowest BCUT2D eigenvalue weighted by Gasteiger charge is -2.10. The van der Waals surface area contributed by atoms with Crippen LogP contribution in [0.2, 0.25) is 0 Å². The Morgan fingerprint density at radius 1 is 1.20 bits per heavy atom. The summed E-state index contributed by atoms with van der Waals surface area (Å²) < 4.78 is 34.8. The van der Waals surface area contributed by atoms with Crippen LogP contribution in [0.25, 0.3) is 5.65 Å². The first-order valence-corrected chi connectivity index (χ1v) is 9.52. The van der Waals surface area contributed by atoms with Crippen LogP contribution in [-0.2, 0) is 16.6 Å². The molecule has 0 unspecified atom stereocenters. The zero-order chi connectivity index (χ0) is 18.0. The van der Waals surface area contributed by atoms with E-state index in [1.54, 1.807) is 12.1 Å². The Kier molecular flexibility index (Phi) is 4.78. The molecule has 6 nitrogen and oxygen atoms in total. The third kappa shape index (κ3) is 4.18. The van der Waals surface area contributed by atoms with Crippen molar-refractivity contribution in [2.75, 3.05) is 0 Å². The quantitative estimate of drug-likeness (QED) is 0.734. The van der Waals surface area contributed by atoms with E-state index < -0.39 is 10.0 Å². The number of benzene rings is 1. The fourth-order valence-corrected chi connectivity index (χ4v) is 3.44. The molecule has 0 saturated carbocycles. The highest BCUT2D eigenvalue weighted by molar-refractivity contribution is 7.89. The third-order valence-electron chi connectivity index (χ3n) is 3.61. The van der Waals surface area contributed by atoms with Crippen molar-refractivity contribution in [3.8, 4) is 5.75 Å². The van der Waals surface area contributed by atoms with Crippen LogP contribution in [0.3, 0.4) is 0 Å². The zero-order valence-electron chi connectivity index (χ0n) is 14.4. The van der Waals surface area contributed by atoms with Crippen molar-refractivity contribution < 1.29 is 13.2 Å². The lowest BCUT2D eigenvalue weighted by molar-refractivity contribution is 0.242. The summed E-state index contributed by atoms with van der Waals surface area (Å²) in [5.41, 5.74) is 2.56. The highest BCUT2D eigenvalue weighted by Gasteiger charge is 2.15. The number of fused-ring (bicyclic) bond motifs is 1. The van der Waals surface area contributed by atoms with Gasteiger partial charge in [-0.05, 0) is 62.7 Å². The van der Waals surface area contributed by atoms with Crippen LogP contribution in [0.4, 0.5) is 0 Å². The van der Waals surface area contributed by atoms with Gasteiger partial charge >= 0.3 is 0 Å². The topological polar surface area (TPSA) is 72.7 Å². The van der Waals surface area contributed by atoms with Crippen molar-refractivity contribution in [1.29, 1.82) is 0 Å². The average Bonchev–Trinajstić information content (AvgIpc) is 2.95. The Morgan fingerprint density at radius 2 is 1.92 bits per heavy atom. The van der Waals surface area contributed by atoms with Crippen LogP contribution in [0, 0.1) is 6.92 Å². The fourth-order valence-electron chi connectivity index (χ4n) is 2.44. The van der Waals surface area contributed by atoms with Crippen LogP contribution < -0.4 is 9.46 Å². The summed E-state index contributed by atoms with van der Waals surface area (Å²) in [5, 5.41) is 0. The normalized spacial score (nSPS) is 12.0. The SMILES string of the molecule is Cc1ccn2cc(CNS(=O)(=O)c3ccc(OC(C)C)cc3)nc2c1. The van der Waals surface area contributed by atoms with E-state index in [2.05, 4.69) is 9.71 Å². The second-order valence-corrected chi connectivity index (χ2v) is 7.93. The van der Waals surface area contributed by atoms with Gasteiger partial charge in [-0.1, -0.05) is 0 Å². The van der Waals surface area contributed by atoms with Gasteiger partial charge in [0.2, 0.25) is 10.0 Å². The van der Waals surface area contributed by atoms with Crippen molar-refractivity contribution >= 4 is 15.7 Å². The van der Waals surface area contributed by atoms with E-state index in [-0.39, 0.29) is 17.5 Å². The Morgan fingerprint density at radius 3 is 2.60 bits per heavy atom. The average molecular weight is 359 g/mol. The summed E-state index contributed by atoms with van der Waals surface area (Å²) >= 11 is 0. The van der Waals surface area contributed by atoms with Gasteiger partial charge < -0.3 is 9.14 Å². The van der Waals surface area contributed by atoms with Gasteiger partial charge in [0.1, 0.15) is 11.4 Å². The molecule has 0 aliphatic rings. The largest absolute Gasteiger partial charge is 0.491 e. The second-order valence-electron chi connectivity index (χ2n) is 6.16. The number of nitrogens with zero attached hydrogens (tertiary/aromatic N) is 2. The lowest BCUT2D eigenvalue weighted by atomic mass is 10.3. The molecule has 0 saturated heterocycles. The fraction of sp³-hybridized carbons (Fsp3) is 0.278. The number of pyridine rings is 1. The molecule has 0 spiro atoms. The van der Waals surface area contributed by atoms with Crippen LogP contribution in [-0.4, -0.2) is 23.9 Å². The minimum Gasteiger partial charge on any atom is -0.491 e. The first kappa shape index (κ1) is 17.4. The number of rotatable bonds is 6. The second kappa shape index (κ2) is 6.85. The maximum Gasteiger partial charge on any atom is 0.240 e. The van der Waals surface area contributed by atoms with Gasteiger partial charge in [-0.25, -0.2) is 18.1 Å². The third-order valence-corrected chi connectivity index (χ3v) is 5.03. The number of imidazole rings is 1. The summed E-state index contributed by atoms with van der Waals surface area (Å²) in [6.07, 6.45) is 3.76. The zero-order valence-corrected chi connectivity index (χ0v) is 15.2. The smallest absolute Gasteiger partial charge is 0.240 e. The minimum absolute atomic E-state index is 0.0410. The molecule has 7 heteroatoms. The highest BCUT2D eigenvalue weighted by atomic mass is 32.2. The molecule has 132 valence electrons. The number of hydrogen-bond donors (Lipinski definition) is 1. The van der Waals surface area contributed by atoms with E-state index in [9.17, 15) is 8.42 Å². The summed E-state index contributed by atoms with van der Waals surface area (Å²) in [7, 11) is -3.60. The molecule has 0 aliphatic carbocycles. The van der Waals surface area contributed by atoms with Crippen LogP contribution in [0.1, 0.15) is 25.1 Å². The molecule has 2 aromatic heterocycles. The van der Waals surface area contributed by atoms with E-state index in [1.165, 1.54) is 12.1 Å². The monoisotopic (exact) mass is 359 g/mol. The maximum atomic E-state index is 12.4. The molecule has 0 aliphatic heterocycles. The number of sulfonamides is 1. The van der Waals surface area contributed by atoms with Gasteiger partial charge in [-0.3, -0.25) is 0 Å². The van der Waals surface area contributed by atoms with E-state index in [1.807, 2.05) is 49.7 Å². The Bertz CT molecular complexity index is 976. The molecule has 0 bridgehead atoms. The first-order valence-electron chi connectivity index (χ1n) is 8.04. The van der Waals surface area contributed by atoms with Crippen molar-refractivity contribution in [2.24, 2.45) is 0 Å². The summed E-state index contributed by atoms with van der Waals surface area (Å²) in [6, 6.07) is 10.3. The first-order chi connectivity index (χ1) is 11.8. The molecule has 0 amide bonds. The molecule has 0 fully saturated rings. The molecule has 1 aromatic carbocycles. The summed E-state index contributed by atoms with van der Waals surface area (Å²) in [6.45, 7) is 5.96. The minimum atomic E-state index is -3.60. The Labute approximate surface area is 147 Å². The summed E-state index contributed by atoms with van der Waals surface area (Å²) in [5.74, 6) is 0.643. The van der Waals surface area contributed by atoms with Gasteiger partial charge in [-0.2, -0.15) is 0 Å². The molecule has 2 heterocycles. The van der Waals surface area contributed by atoms with Crippen molar-refractivity contribution in [1.82, 2.24) is 14.1 Å². The number of ether oxygens (including phenoxy) is 1. The predicted molar refractivity (Wildman–Crippen MR) is 96.2 cm³/mol. The molecular formula is C18H21N3O3S.